The number of hydrogen-bond acceptors (Lipinski definition) is 5. The number of carbonyl (C=O) groups excluding carboxylic acids is 1. The molecule has 8 nitrogen and oxygen atoms in total. The molecule has 0 unspecified atom stereocenters. The minimum atomic E-state index is -3.23. The Balaban J connectivity index is 1.81. The Kier molecular flexibility index (Phi) is 7.72. The van der Waals surface area contributed by atoms with Crippen molar-refractivity contribution in [1.29, 1.82) is 0 Å². The van der Waals surface area contributed by atoms with Gasteiger partial charge in [0.2, 0.25) is 5.91 Å². The van der Waals surface area contributed by atoms with Gasteiger partial charge < -0.3 is 16.0 Å². The molecule has 1 aromatic heterocycles. The number of rotatable bonds is 7. The molecule has 0 bridgehead atoms. The molecule has 0 fully saturated rings. The number of guanidine groups is 1. The van der Waals surface area contributed by atoms with Gasteiger partial charge in [-0.2, -0.15) is 0 Å². The lowest BCUT2D eigenvalue weighted by molar-refractivity contribution is -0.116. The Morgan fingerprint density at radius 2 is 1.90 bits per heavy atom. The number of hydrogen-bond donors (Lipinski definition) is 3. The number of carbonyl (C=O) groups is 1. The van der Waals surface area contributed by atoms with E-state index >= 15 is 0 Å². The first kappa shape index (κ1) is 22.4. The highest BCUT2D eigenvalue weighted by Crippen LogP contribution is 2.16. The van der Waals surface area contributed by atoms with Crippen LogP contribution in [0.25, 0.3) is 0 Å². The van der Waals surface area contributed by atoms with E-state index < -0.39 is 9.84 Å². The predicted octanol–water partition coefficient (Wildman–Crippen LogP) is 1.80. The van der Waals surface area contributed by atoms with E-state index in [1.165, 1.54) is 6.26 Å². The number of amides is 1. The molecule has 0 aliphatic carbocycles. The number of benzene rings is 1. The van der Waals surface area contributed by atoms with Crippen molar-refractivity contribution in [3.8, 4) is 0 Å². The van der Waals surface area contributed by atoms with Gasteiger partial charge in [-0.3, -0.25) is 9.79 Å². The quantitative estimate of drug-likeness (QED) is 0.468. The highest BCUT2D eigenvalue weighted by Gasteiger charge is 2.11. The van der Waals surface area contributed by atoms with Crippen molar-refractivity contribution < 1.29 is 13.2 Å². The van der Waals surface area contributed by atoms with Crippen LogP contribution in [-0.2, 0) is 21.2 Å². The average molecular weight is 418 g/mol. The van der Waals surface area contributed by atoms with Crippen LogP contribution in [0.4, 0.5) is 5.82 Å². The zero-order valence-corrected chi connectivity index (χ0v) is 17.9. The smallest absolute Gasteiger partial charge is 0.227 e. The number of nitrogens with one attached hydrogen (secondary N) is 3. The largest absolute Gasteiger partial charge is 0.356 e. The lowest BCUT2D eigenvalue weighted by Crippen LogP contribution is -2.38. The van der Waals surface area contributed by atoms with Gasteiger partial charge in [-0.1, -0.05) is 18.2 Å². The van der Waals surface area contributed by atoms with Crippen LogP contribution in [0.1, 0.15) is 23.2 Å². The molecule has 9 heteroatoms. The maximum absolute atomic E-state index is 12.0. The van der Waals surface area contributed by atoms with Crippen LogP contribution in [0.2, 0.25) is 0 Å². The minimum absolute atomic E-state index is 0.141. The maximum atomic E-state index is 12.0. The fraction of sp³-hybridized carbons (Fsp3) is 0.350. The first-order chi connectivity index (χ1) is 13.7. The second kappa shape index (κ2) is 10.0. The van der Waals surface area contributed by atoms with Crippen LogP contribution in [0.15, 0.2) is 46.3 Å². The highest BCUT2D eigenvalue weighted by atomic mass is 32.2. The van der Waals surface area contributed by atoms with Crippen LogP contribution in [-0.4, -0.2) is 45.1 Å². The SMILES string of the molecule is CN=C(NCCC(=O)Nc1cccc(C)n1)NCc1ccc(S(C)(=O)=O)c(C)c1. The van der Waals surface area contributed by atoms with Gasteiger partial charge in [0, 0.05) is 38.5 Å². The summed E-state index contributed by atoms with van der Waals surface area (Å²) in [5.74, 6) is 0.944. The second-order valence-electron chi connectivity index (χ2n) is 6.69. The summed E-state index contributed by atoms with van der Waals surface area (Å²) in [6, 6.07) is 10.7. The molecule has 3 N–H and O–H groups in total. The van der Waals surface area contributed by atoms with E-state index in [4.69, 9.17) is 0 Å². The summed E-state index contributed by atoms with van der Waals surface area (Å²) in [5.41, 5.74) is 2.47. The van der Waals surface area contributed by atoms with E-state index in [1.807, 2.05) is 25.1 Å². The van der Waals surface area contributed by atoms with Crippen LogP contribution in [0.3, 0.4) is 0 Å². The van der Waals surface area contributed by atoms with Gasteiger partial charge in [0.25, 0.3) is 0 Å². The minimum Gasteiger partial charge on any atom is -0.356 e. The first-order valence-corrected chi connectivity index (χ1v) is 11.1. The van der Waals surface area contributed by atoms with E-state index in [2.05, 4.69) is 25.9 Å². The first-order valence-electron chi connectivity index (χ1n) is 9.16. The fourth-order valence-corrected chi connectivity index (χ4v) is 3.72. The third-order valence-corrected chi connectivity index (χ3v) is 5.38. The molecule has 0 atom stereocenters. The molecule has 1 aromatic carbocycles. The Bertz CT molecular complexity index is 1000. The van der Waals surface area contributed by atoms with Gasteiger partial charge in [-0.15, -0.1) is 0 Å². The molecule has 2 aromatic rings. The number of aromatic nitrogens is 1. The second-order valence-corrected chi connectivity index (χ2v) is 8.67. The number of anilines is 1. The average Bonchev–Trinajstić information content (AvgIpc) is 2.63. The summed E-state index contributed by atoms with van der Waals surface area (Å²) < 4.78 is 23.4. The van der Waals surface area contributed by atoms with Crippen LogP contribution in [0, 0.1) is 13.8 Å². The molecule has 0 aliphatic rings. The molecule has 2 rings (SSSR count). The molecule has 1 amide bonds. The lowest BCUT2D eigenvalue weighted by Gasteiger charge is -2.13. The number of aliphatic imine (C=N–C) groups is 1. The Labute approximate surface area is 171 Å². The topological polar surface area (TPSA) is 113 Å². The summed E-state index contributed by atoms with van der Waals surface area (Å²) in [6.07, 6.45) is 1.46. The van der Waals surface area contributed by atoms with Crippen molar-refractivity contribution in [2.24, 2.45) is 4.99 Å². The number of nitrogens with zero attached hydrogens (tertiary/aromatic N) is 2. The molecule has 0 radical (unpaired) electrons. The summed E-state index contributed by atoms with van der Waals surface area (Å²) in [7, 11) is -1.59. The van der Waals surface area contributed by atoms with E-state index in [0.717, 1.165) is 11.3 Å². The van der Waals surface area contributed by atoms with E-state index in [1.54, 1.807) is 32.2 Å². The Morgan fingerprint density at radius 3 is 2.52 bits per heavy atom. The van der Waals surface area contributed by atoms with Gasteiger partial charge >= 0.3 is 0 Å². The molecule has 156 valence electrons. The molecular formula is C20H27N5O3S. The summed E-state index contributed by atoms with van der Waals surface area (Å²) >= 11 is 0. The Hall–Kier alpha value is -2.94. The summed E-state index contributed by atoms with van der Waals surface area (Å²) in [4.78, 5) is 20.7. The van der Waals surface area contributed by atoms with Crippen molar-refractivity contribution in [3.63, 3.8) is 0 Å². The Morgan fingerprint density at radius 1 is 1.14 bits per heavy atom. The van der Waals surface area contributed by atoms with Crippen LogP contribution < -0.4 is 16.0 Å². The van der Waals surface area contributed by atoms with E-state index in [0.29, 0.717) is 35.3 Å². The zero-order valence-electron chi connectivity index (χ0n) is 17.1. The summed E-state index contributed by atoms with van der Waals surface area (Å²) in [6.45, 7) is 4.52. The number of aryl methyl sites for hydroxylation is 2. The van der Waals surface area contributed by atoms with E-state index in [-0.39, 0.29) is 12.3 Å². The molecule has 0 spiro atoms. The monoisotopic (exact) mass is 417 g/mol. The molecular weight excluding hydrogens is 390 g/mol. The fourth-order valence-electron chi connectivity index (χ4n) is 2.76. The molecule has 1 heterocycles. The standard InChI is InChI=1S/C20H27N5O3S/c1-14-12-16(8-9-17(14)29(4,27)28)13-23-20(21-3)22-11-10-19(26)25-18-7-5-6-15(2)24-18/h5-9,12H,10-11,13H2,1-4H3,(H2,21,22,23)(H,24,25,26). The van der Waals surface area contributed by atoms with Gasteiger partial charge in [0.05, 0.1) is 4.90 Å². The molecule has 0 aliphatic heterocycles. The van der Waals surface area contributed by atoms with Gasteiger partial charge in [-0.25, -0.2) is 13.4 Å². The number of pyridine rings is 1. The van der Waals surface area contributed by atoms with Crippen molar-refractivity contribution in [3.05, 3.63) is 53.2 Å². The lowest BCUT2D eigenvalue weighted by atomic mass is 10.1. The van der Waals surface area contributed by atoms with Gasteiger partial charge in [0.1, 0.15) is 5.82 Å². The maximum Gasteiger partial charge on any atom is 0.227 e. The zero-order chi connectivity index (χ0) is 21.4. The third-order valence-electron chi connectivity index (χ3n) is 4.12. The van der Waals surface area contributed by atoms with Crippen molar-refractivity contribution in [1.82, 2.24) is 15.6 Å². The normalized spacial score (nSPS) is 11.8. The summed E-state index contributed by atoms with van der Waals surface area (Å²) in [5, 5.41) is 8.98. The van der Waals surface area contributed by atoms with Crippen molar-refractivity contribution >= 4 is 27.5 Å². The predicted molar refractivity (Wildman–Crippen MR) is 115 cm³/mol. The molecule has 0 saturated carbocycles. The third kappa shape index (κ3) is 7.19. The van der Waals surface area contributed by atoms with Gasteiger partial charge in [-0.05, 0) is 43.2 Å². The molecule has 0 saturated heterocycles. The van der Waals surface area contributed by atoms with Crippen molar-refractivity contribution in [2.75, 3.05) is 25.2 Å². The molecule has 29 heavy (non-hydrogen) atoms. The van der Waals surface area contributed by atoms with Crippen molar-refractivity contribution in [2.45, 2.75) is 31.7 Å². The highest BCUT2D eigenvalue weighted by molar-refractivity contribution is 7.90. The van der Waals surface area contributed by atoms with Crippen LogP contribution >= 0.6 is 0 Å². The van der Waals surface area contributed by atoms with Crippen LogP contribution in [0.5, 0.6) is 0 Å². The van der Waals surface area contributed by atoms with Gasteiger partial charge in [0.15, 0.2) is 15.8 Å². The van der Waals surface area contributed by atoms with E-state index in [9.17, 15) is 13.2 Å². The number of sulfone groups is 1.